The standard InChI is InChI=1S/C17H16Cl3FN2/c1-3-23(2)10-22-17-9-15(19)12(8-16(17)20)6-11-7-13(21)4-5-14(11)18/h4-5,7-10H,3,6H2,1-2H3. The molecule has 0 saturated carbocycles. The molecule has 0 aliphatic heterocycles. The summed E-state index contributed by atoms with van der Waals surface area (Å²) in [4.78, 5) is 6.24. The van der Waals surface area contributed by atoms with Crippen molar-refractivity contribution in [3.63, 3.8) is 0 Å². The quantitative estimate of drug-likeness (QED) is 0.464. The SMILES string of the molecule is CCN(C)C=Nc1cc(Cl)c(Cc2cc(F)ccc2Cl)cc1Cl. The molecule has 122 valence electrons. The Morgan fingerprint density at radius 3 is 2.43 bits per heavy atom. The lowest BCUT2D eigenvalue weighted by molar-refractivity contribution is 0.552. The van der Waals surface area contributed by atoms with Gasteiger partial charge in [-0.25, -0.2) is 9.38 Å². The van der Waals surface area contributed by atoms with Crippen LogP contribution in [0.1, 0.15) is 18.1 Å². The van der Waals surface area contributed by atoms with Gasteiger partial charge in [0.05, 0.1) is 17.0 Å². The van der Waals surface area contributed by atoms with Crippen LogP contribution in [-0.4, -0.2) is 24.8 Å². The van der Waals surface area contributed by atoms with Crippen molar-refractivity contribution >= 4 is 46.8 Å². The summed E-state index contributed by atoms with van der Waals surface area (Å²) in [6.45, 7) is 2.86. The third-order valence-electron chi connectivity index (χ3n) is 3.40. The van der Waals surface area contributed by atoms with Gasteiger partial charge in [-0.3, -0.25) is 0 Å². The van der Waals surface area contributed by atoms with E-state index in [0.29, 0.717) is 32.7 Å². The first-order chi connectivity index (χ1) is 10.9. The molecule has 0 N–H and O–H groups in total. The highest BCUT2D eigenvalue weighted by atomic mass is 35.5. The van der Waals surface area contributed by atoms with Gasteiger partial charge in [-0.05, 0) is 48.4 Å². The first-order valence-electron chi connectivity index (χ1n) is 7.07. The van der Waals surface area contributed by atoms with E-state index in [0.717, 1.165) is 12.1 Å². The summed E-state index contributed by atoms with van der Waals surface area (Å²) >= 11 is 18.7. The number of benzene rings is 2. The average molecular weight is 374 g/mol. The summed E-state index contributed by atoms with van der Waals surface area (Å²) < 4.78 is 13.4. The van der Waals surface area contributed by atoms with Crippen LogP contribution in [0.2, 0.25) is 15.1 Å². The second-order valence-corrected chi connectivity index (χ2v) is 6.35. The first-order valence-corrected chi connectivity index (χ1v) is 8.20. The van der Waals surface area contributed by atoms with E-state index in [1.165, 1.54) is 18.2 Å². The van der Waals surface area contributed by atoms with Gasteiger partial charge in [0.1, 0.15) is 5.82 Å². The van der Waals surface area contributed by atoms with Crippen LogP contribution in [0.3, 0.4) is 0 Å². The lowest BCUT2D eigenvalue weighted by atomic mass is 10.0. The maximum absolute atomic E-state index is 13.4. The van der Waals surface area contributed by atoms with Gasteiger partial charge in [-0.1, -0.05) is 34.8 Å². The Bertz CT molecular complexity index is 732. The van der Waals surface area contributed by atoms with Gasteiger partial charge in [0.15, 0.2) is 0 Å². The third kappa shape index (κ3) is 4.84. The summed E-state index contributed by atoms with van der Waals surface area (Å²) in [5.41, 5.74) is 2.02. The molecule has 6 heteroatoms. The Balaban J connectivity index is 2.29. The zero-order valence-electron chi connectivity index (χ0n) is 12.8. The fraction of sp³-hybridized carbons (Fsp3) is 0.235. The highest BCUT2D eigenvalue weighted by Crippen LogP contribution is 2.33. The Kier molecular flexibility index (Phi) is 6.28. The Morgan fingerprint density at radius 1 is 1.04 bits per heavy atom. The second kappa shape index (κ2) is 8.00. The second-order valence-electron chi connectivity index (χ2n) is 5.13. The van der Waals surface area contributed by atoms with E-state index in [9.17, 15) is 4.39 Å². The van der Waals surface area contributed by atoms with E-state index in [1.54, 1.807) is 18.5 Å². The summed E-state index contributed by atoms with van der Waals surface area (Å²) in [6.07, 6.45) is 2.09. The lowest BCUT2D eigenvalue weighted by Gasteiger charge is -2.11. The Morgan fingerprint density at radius 2 is 1.74 bits per heavy atom. The molecule has 2 rings (SSSR count). The minimum Gasteiger partial charge on any atom is -0.366 e. The number of hydrogen-bond donors (Lipinski definition) is 0. The average Bonchev–Trinajstić information content (AvgIpc) is 2.52. The fourth-order valence-electron chi connectivity index (χ4n) is 1.94. The zero-order chi connectivity index (χ0) is 17.0. The van der Waals surface area contributed by atoms with Crippen LogP contribution >= 0.6 is 34.8 Å². The number of rotatable bonds is 5. The van der Waals surface area contributed by atoms with Crippen molar-refractivity contribution < 1.29 is 4.39 Å². The van der Waals surface area contributed by atoms with Crippen molar-refractivity contribution in [3.8, 4) is 0 Å². The summed E-state index contributed by atoms with van der Waals surface area (Å²) in [7, 11) is 1.92. The highest BCUT2D eigenvalue weighted by molar-refractivity contribution is 6.35. The largest absolute Gasteiger partial charge is 0.366 e. The lowest BCUT2D eigenvalue weighted by Crippen LogP contribution is -2.14. The van der Waals surface area contributed by atoms with Crippen LogP contribution < -0.4 is 0 Å². The number of halogens is 4. The molecule has 23 heavy (non-hydrogen) atoms. The van der Waals surface area contributed by atoms with Crippen LogP contribution in [0.5, 0.6) is 0 Å². The van der Waals surface area contributed by atoms with Crippen LogP contribution in [0.4, 0.5) is 10.1 Å². The number of aliphatic imine (C=N–C) groups is 1. The van der Waals surface area contributed by atoms with E-state index < -0.39 is 0 Å². The van der Waals surface area contributed by atoms with Gasteiger partial charge in [0.25, 0.3) is 0 Å². The van der Waals surface area contributed by atoms with Gasteiger partial charge in [0, 0.05) is 30.1 Å². The van der Waals surface area contributed by atoms with E-state index in [2.05, 4.69) is 4.99 Å². The molecule has 0 unspecified atom stereocenters. The van der Waals surface area contributed by atoms with E-state index in [-0.39, 0.29) is 5.82 Å². The molecule has 0 bridgehead atoms. The summed E-state index contributed by atoms with van der Waals surface area (Å²) in [6, 6.07) is 7.69. The van der Waals surface area contributed by atoms with Gasteiger partial charge >= 0.3 is 0 Å². The van der Waals surface area contributed by atoms with E-state index in [1.807, 2.05) is 18.9 Å². The van der Waals surface area contributed by atoms with Crippen molar-refractivity contribution in [2.75, 3.05) is 13.6 Å². The predicted molar refractivity (Wildman–Crippen MR) is 97.1 cm³/mol. The predicted octanol–water partition coefficient (Wildman–Crippen LogP) is 5.99. The molecule has 0 aliphatic carbocycles. The van der Waals surface area contributed by atoms with Gasteiger partial charge in [-0.2, -0.15) is 0 Å². The molecule has 0 aliphatic rings. The zero-order valence-corrected chi connectivity index (χ0v) is 15.1. The first kappa shape index (κ1) is 18.1. The van der Waals surface area contributed by atoms with Crippen molar-refractivity contribution in [2.45, 2.75) is 13.3 Å². The molecule has 2 aromatic rings. The minimum absolute atomic E-state index is 0.338. The molecular weight excluding hydrogens is 358 g/mol. The van der Waals surface area contributed by atoms with E-state index >= 15 is 0 Å². The van der Waals surface area contributed by atoms with Crippen molar-refractivity contribution in [1.82, 2.24) is 4.90 Å². The van der Waals surface area contributed by atoms with Crippen LogP contribution in [0.15, 0.2) is 35.3 Å². The fourth-order valence-corrected chi connectivity index (χ4v) is 2.58. The van der Waals surface area contributed by atoms with Crippen molar-refractivity contribution in [1.29, 1.82) is 0 Å². The van der Waals surface area contributed by atoms with Gasteiger partial charge in [-0.15, -0.1) is 0 Å². The van der Waals surface area contributed by atoms with E-state index in [4.69, 9.17) is 34.8 Å². The van der Waals surface area contributed by atoms with Crippen molar-refractivity contribution in [2.24, 2.45) is 4.99 Å². The van der Waals surface area contributed by atoms with Gasteiger partial charge < -0.3 is 4.90 Å². The van der Waals surface area contributed by atoms with Crippen LogP contribution in [0.25, 0.3) is 0 Å². The summed E-state index contributed by atoms with van der Waals surface area (Å²) in [5.74, 6) is -0.338. The summed E-state index contributed by atoms with van der Waals surface area (Å²) in [5, 5.41) is 1.49. The van der Waals surface area contributed by atoms with Crippen LogP contribution in [0, 0.1) is 5.82 Å². The number of nitrogens with zero attached hydrogens (tertiary/aromatic N) is 2. The maximum Gasteiger partial charge on any atom is 0.123 e. The third-order valence-corrected chi connectivity index (χ3v) is 4.42. The molecular formula is C17H16Cl3FN2. The Hall–Kier alpha value is -1.29. The molecule has 0 saturated heterocycles. The molecule has 2 aromatic carbocycles. The molecule has 0 spiro atoms. The topological polar surface area (TPSA) is 15.6 Å². The molecule has 0 aromatic heterocycles. The minimum atomic E-state index is -0.338. The normalized spacial score (nSPS) is 11.2. The smallest absolute Gasteiger partial charge is 0.123 e. The van der Waals surface area contributed by atoms with Crippen molar-refractivity contribution in [3.05, 3.63) is 62.3 Å². The monoisotopic (exact) mass is 372 g/mol. The molecule has 0 radical (unpaired) electrons. The van der Waals surface area contributed by atoms with Gasteiger partial charge in [0.2, 0.25) is 0 Å². The molecule has 0 atom stereocenters. The van der Waals surface area contributed by atoms with Crippen LogP contribution in [-0.2, 0) is 6.42 Å². The molecule has 0 fully saturated rings. The highest BCUT2D eigenvalue weighted by Gasteiger charge is 2.10. The molecule has 0 amide bonds. The molecule has 0 heterocycles. The maximum atomic E-state index is 13.4. The molecule has 2 nitrogen and oxygen atoms in total. The Labute approximate surface area is 150 Å². The number of hydrogen-bond acceptors (Lipinski definition) is 1.